The summed E-state index contributed by atoms with van der Waals surface area (Å²) in [6, 6.07) is 5.51. The summed E-state index contributed by atoms with van der Waals surface area (Å²) >= 11 is 0. The Balaban J connectivity index is 2.34. The highest BCUT2D eigenvalue weighted by Gasteiger charge is 2.29. The first-order valence-corrected chi connectivity index (χ1v) is 11.4. The molecule has 196 valence electrons. The summed E-state index contributed by atoms with van der Waals surface area (Å²) in [6.45, 7) is 1.03. The number of benzene rings is 1. The van der Waals surface area contributed by atoms with Gasteiger partial charge in [-0.1, -0.05) is 18.1 Å². The second kappa shape index (κ2) is 14.2. The summed E-state index contributed by atoms with van der Waals surface area (Å²) in [5, 5.41) is 38.0. The minimum atomic E-state index is -1.10. The van der Waals surface area contributed by atoms with Crippen molar-refractivity contribution in [1.29, 1.82) is 0 Å². The van der Waals surface area contributed by atoms with Crippen LogP contribution in [0.4, 0.5) is 0 Å². The third-order valence-corrected chi connectivity index (χ3v) is 5.94. The van der Waals surface area contributed by atoms with Gasteiger partial charge >= 0.3 is 23.9 Å². The van der Waals surface area contributed by atoms with Crippen molar-refractivity contribution < 1.29 is 39.6 Å². The number of nitrogens with zero attached hydrogens (tertiary/aromatic N) is 4. The van der Waals surface area contributed by atoms with Gasteiger partial charge in [-0.25, -0.2) is 0 Å². The van der Waals surface area contributed by atoms with Gasteiger partial charge in [0.05, 0.1) is 19.6 Å². The van der Waals surface area contributed by atoms with Crippen LogP contribution < -0.4 is 0 Å². The Kier molecular flexibility index (Phi) is 11.3. The molecule has 0 aliphatic carbocycles. The molecule has 12 nitrogen and oxygen atoms in total. The second-order valence-corrected chi connectivity index (χ2v) is 8.55. The van der Waals surface area contributed by atoms with Crippen molar-refractivity contribution in [2.45, 2.75) is 6.04 Å². The van der Waals surface area contributed by atoms with Gasteiger partial charge < -0.3 is 20.4 Å². The van der Waals surface area contributed by atoms with Crippen LogP contribution >= 0.6 is 0 Å². The lowest BCUT2D eigenvalue weighted by Crippen LogP contribution is -2.49. The van der Waals surface area contributed by atoms with Crippen LogP contribution in [0, 0.1) is 12.3 Å². The largest absolute Gasteiger partial charge is 0.480 e. The van der Waals surface area contributed by atoms with Gasteiger partial charge in [0.2, 0.25) is 0 Å². The molecule has 0 spiro atoms. The summed E-state index contributed by atoms with van der Waals surface area (Å²) in [4.78, 5) is 53.1. The predicted octanol–water partition coefficient (Wildman–Crippen LogP) is -0.731. The molecule has 36 heavy (non-hydrogen) atoms. The highest BCUT2D eigenvalue weighted by atomic mass is 16.4. The van der Waals surface area contributed by atoms with Crippen LogP contribution in [-0.2, 0) is 19.2 Å². The van der Waals surface area contributed by atoms with Crippen molar-refractivity contribution in [1.82, 2.24) is 19.6 Å². The van der Waals surface area contributed by atoms with Gasteiger partial charge in [0, 0.05) is 57.9 Å². The first-order chi connectivity index (χ1) is 17.1. The minimum Gasteiger partial charge on any atom is -0.480 e. The van der Waals surface area contributed by atoms with Crippen LogP contribution in [0.3, 0.4) is 0 Å². The van der Waals surface area contributed by atoms with Gasteiger partial charge in [-0.05, 0) is 17.7 Å². The van der Waals surface area contributed by atoms with Gasteiger partial charge in [0.15, 0.2) is 0 Å². The molecule has 0 aromatic heterocycles. The van der Waals surface area contributed by atoms with E-state index in [-0.39, 0.29) is 72.0 Å². The molecule has 1 atom stereocenters. The molecular formula is C24H32N4O8. The molecule has 1 aliphatic rings. The number of carboxylic acid groups (broad SMARTS) is 4. The summed E-state index contributed by atoms with van der Waals surface area (Å²) in [6.07, 6.45) is 5.40. The van der Waals surface area contributed by atoms with Crippen LogP contribution in [0.25, 0.3) is 0 Å². The molecular weight excluding hydrogens is 472 g/mol. The molecule has 0 radical (unpaired) electrons. The van der Waals surface area contributed by atoms with Crippen molar-refractivity contribution in [2.24, 2.45) is 0 Å². The third kappa shape index (κ3) is 9.63. The van der Waals surface area contributed by atoms with Gasteiger partial charge in [-0.15, -0.1) is 6.42 Å². The quantitative estimate of drug-likeness (QED) is 0.312. The summed E-state index contributed by atoms with van der Waals surface area (Å²) in [7, 11) is 0. The normalized spacial score (nSPS) is 18.3. The van der Waals surface area contributed by atoms with Crippen LogP contribution in [0.15, 0.2) is 24.3 Å². The fraction of sp³-hybridized carbons (Fsp3) is 0.500. The maximum atomic E-state index is 12.3. The fourth-order valence-electron chi connectivity index (χ4n) is 4.13. The summed E-state index contributed by atoms with van der Waals surface area (Å²) < 4.78 is 0. The van der Waals surface area contributed by atoms with E-state index in [4.69, 9.17) is 6.42 Å². The van der Waals surface area contributed by atoms with Crippen LogP contribution in [0.1, 0.15) is 17.2 Å². The Hall–Kier alpha value is -3.50. The molecule has 1 fully saturated rings. The van der Waals surface area contributed by atoms with Gasteiger partial charge in [-0.2, -0.15) is 0 Å². The smallest absolute Gasteiger partial charge is 0.325 e. The maximum Gasteiger partial charge on any atom is 0.325 e. The van der Waals surface area contributed by atoms with Crippen molar-refractivity contribution >= 4 is 23.9 Å². The number of hydrogen-bond acceptors (Lipinski definition) is 8. The average molecular weight is 505 g/mol. The molecule has 0 bridgehead atoms. The van der Waals surface area contributed by atoms with E-state index in [9.17, 15) is 39.6 Å². The average Bonchev–Trinajstić information content (AvgIpc) is 2.79. The number of hydrogen-bond donors (Lipinski definition) is 4. The van der Waals surface area contributed by atoms with E-state index < -0.39 is 29.9 Å². The van der Waals surface area contributed by atoms with E-state index in [2.05, 4.69) is 5.92 Å². The number of terminal acetylenes is 1. The monoisotopic (exact) mass is 504 g/mol. The highest BCUT2D eigenvalue weighted by Crippen LogP contribution is 2.22. The van der Waals surface area contributed by atoms with Gasteiger partial charge in [-0.3, -0.25) is 38.8 Å². The zero-order chi connectivity index (χ0) is 26.7. The molecule has 1 aliphatic heterocycles. The Morgan fingerprint density at radius 2 is 1.06 bits per heavy atom. The standard InChI is InChI=1S/C24H32N4O8/c1-2-18-3-5-19(6-4-18)23(24(35)36)28-13-11-26(16-21(31)32)9-7-25(15-20(29)30)8-10-27(12-14-28)17-22(33)34/h1,3-6,23H,7-17H2,(H,29,30)(H,31,32)(H,33,34)(H,35,36). The lowest BCUT2D eigenvalue weighted by molar-refractivity contribution is -0.145. The lowest BCUT2D eigenvalue weighted by atomic mass is 10.0. The number of aliphatic carboxylic acids is 4. The lowest BCUT2D eigenvalue weighted by Gasteiger charge is -2.35. The molecule has 1 saturated heterocycles. The molecule has 1 unspecified atom stereocenters. The molecule has 2 rings (SSSR count). The molecule has 4 N–H and O–H groups in total. The van der Waals surface area contributed by atoms with E-state index in [0.717, 1.165) is 0 Å². The zero-order valence-corrected chi connectivity index (χ0v) is 20.0. The van der Waals surface area contributed by atoms with E-state index in [1.165, 1.54) is 0 Å². The van der Waals surface area contributed by atoms with E-state index in [1.54, 1.807) is 43.9 Å². The van der Waals surface area contributed by atoms with Crippen LogP contribution in [0.2, 0.25) is 0 Å². The SMILES string of the molecule is C#Cc1ccc(C(C(=O)O)N2CCN(CC(=O)O)CCN(CC(=O)O)CCN(CC(=O)O)CC2)cc1. The Labute approximate surface area is 209 Å². The van der Waals surface area contributed by atoms with Crippen molar-refractivity contribution in [3.63, 3.8) is 0 Å². The Morgan fingerprint density at radius 3 is 1.36 bits per heavy atom. The number of carboxylic acids is 4. The maximum absolute atomic E-state index is 12.3. The van der Waals surface area contributed by atoms with Crippen LogP contribution in [0.5, 0.6) is 0 Å². The first kappa shape index (κ1) is 28.7. The Bertz CT molecular complexity index is 930. The molecule has 1 heterocycles. The highest BCUT2D eigenvalue weighted by molar-refractivity contribution is 5.75. The van der Waals surface area contributed by atoms with E-state index in [1.807, 2.05) is 0 Å². The second-order valence-electron chi connectivity index (χ2n) is 8.55. The molecule has 0 saturated carbocycles. The number of rotatable bonds is 9. The molecule has 1 aromatic rings. The van der Waals surface area contributed by atoms with Gasteiger partial charge in [0.25, 0.3) is 0 Å². The third-order valence-electron chi connectivity index (χ3n) is 5.94. The topological polar surface area (TPSA) is 162 Å². The van der Waals surface area contributed by atoms with Crippen molar-refractivity contribution in [3.05, 3.63) is 35.4 Å². The van der Waals surface area contributed by atoms with E-state index >= 15 is 0 Å². The molecule has 0 amide bonds. The molecule has 1 aromatic carbocycles. The summed E-state index contributed by atoms with van der Waals surface area (Å²) in [5.41, 5.74) is 1.10. The van der Waals surface area contributed by atoms with E-state index in [0.29, 0.717) is 11.1 Å². The summed E-state index contributed by atoms with van der Waals surface area (Å²) in [5.74, 6) is -1.75. The molecule has 12 heteroatoms. The predicted molar refractivity (Wildman–Crippen MR) is 129 cm³/mol. The Morgan fingerprint density at radius 1 is 0.694 bits per heavy atom. The zero-order valence-electron chi connectivity index (χ0n) is 20.0. The van der Waals surface area contributed by atoms with Crippen molar-refractivity contribution in [2.75, 3.05) is 72.0 Å². The van der Waals surface area contributed by atoms with Crippen molar-refractivity contribution in [3.8, 4) is 12.3 Å². The minimum absolute atomic E-state index is 0.195. The first-order valence-electron chi connectivity index (χ1n) is 11.4. The van der Waals surface area contributed by atoms with Gasteiger partial charge in [0.1, 0.15) is 6.04 Å². The number of carbonyl (C=O) groups is 4. The fourth-order valence-corrected chi connectivity index (χ4v) is 4.13. The van der Waals surface area contributed by atoms with Crippen LogP contribution in [-0.4, -0.2) is 136 Å².